The molecular weight excluding hydrogens is 336 g/mol. The lowest BCUT2D eigenvalue weighted by atomic mass is 10.1. The third kappa shape index (κ3) is 11.8. The van der Waals surface area contributed by atoms with Crippen LogP contribution in [-0.4, -0.2) is 76.1 Å². The topological polar surface area (TPSA) is 147 Å². The van der Waals surface area contributed by atoms with E-state index >= 15 is 0 Å². The molecule has 0 saturated heterocycles. The van der Waals surface area contributed by atoms with E-state index in [4.69, 9.17) is 4.74 Å². The number of carbonyl (C=O) groups excluding carboxylic acids is 3. The fraction of sp³-hybridized carbons (Fsp3) is 0.786. The van der Waals surface area contributed by atoms with Crippen LogP contribution in [0.15, 0.2) is 0 Å². The zero-order valence-electron chi connectivity index (χ0n) is 14.8. The second-order valence-corrected chi connectivity index (χ2v) is 4.96. The van der Waals surface area contributed by atoms with Crippen LogP contribution in [0.4, 0.5) is 14.4 Å². The first-order chi connectivity index (χ1) is 11.9. The van der Waals surface area contributed by atoms with Crippen LogP contribution in [0.3, 0.4) is 0 Å². The molecular formula is C14H28N4O7. The minimum absolute atomic E-state index is 0.112. The van der Waals surface area contributed by atoms with Crippen molar-refractivity contribution in [2.45, 2.75) is 25.5 Å². The second kappa shape index (κ2) is 13.1. The second-order valence-electron chi connectivity index (χ2n) is 4.96. The zero-order chi connectivity index (χ0) is 19.1. The Bertz CT molecular complexity index is 422. The summed E-state index contributed by atoms with van der Waals surface area (Å²) in [5, 5.41) is 20.2. The molecule has 0 rings (SSSR count). The van der Waals surface area contributed by atoms with Gasteiger partial charge in [-0.2, -0.15) is 0 Å². The Labute approximate surface area is 146 Å². The highest BCUT2D eigenvalue weighted by Crippen LogP contribution is 2.10. The molecule has 0 bridgehead atoms. The summed E-state index contributed by atoms with van der Waals surface area (Å²) in [6, 6.07) is -0.342. The van der Waals surface area contributed by atoms with Crippen molar-refractivity contribution >= 4 is 18.2 Å². The highest BCUT2D eigenvalue weighted by Gasteiger charge is 2.29. The van der Waals surface area contributed by atoms with Crippen molar-refractivity contribution in [1.29, 1.82) is 0 Å². The quantitative estimate of drug-likeness (QED) is 0.245. The Hall–Kier alpha value is -2.27. The van der Waals surface area contributed by atoms with Gasteiger partial charge in [0.05, 0.1) is 26.9 Å². The van der Waals surface area contributed by atoms with Gasteiger partial charge in [0, 0.05) is 20.1 Å². The van der Waals surface area contributed by atoms with E-state index in [1.165, 1.54) is 14.2 Å². The van der Waals surface area contributed by atoms with Crippen molar-refractivity contribution in [2.75, 3.05) is 47.1 Å². The van der Waals surface area contributed by atoms with Crippen LogP contribution in [0, 0.1) is 0 Å². The Morgan fingerprint density at radius 2 is 1.84 bits per heavy atom. The van der Waals surface area contributed by atoms with Gasteiger partial charge in [-0.05, 0) is 19.8 Å². The molecule has 0 aromatic rings. The van der Waals surface area contributed by atoms with E-state index in [9.17, 15) is 19.5 Å². The molecule has 0 saturated carbocycles. The first kappa shape index (κ1) is 22.7. The van der Waals surface area contributed by atoms with E-state index in [1.807, 2.05) is 0 Å². The number of urea groups is 1. The predicted octanol–water partition coefficient (Wildman–Crippen LogP) is -0.497. The van der Waals surface area contributed by atoms with Gasteiger partial charge in [0.15, 0.2) is 5.72 Å². The van der Waals surface area contributed by atoms with Crippen molar-refractivity contribution in [3.63, 3.8) is 0 Å². The molecule has 4 amide bonds. The Kier molecular flexibility index (Phi) is 11.9. The van der Waals surface area contributed by atoms with Crippen LogP contribution in [0.25, 0.3) is 0 Å². The fourth-order valence-electron chi connectivity index (χ4n) is 1.73. The molecule has 146 valence electrons. The smallest absolute Gasteiger partial charge is 0.409 e. The van der Waals surface area contributed by atoms with E-state index in [2.05, 4.69) is 30.7 Å². The third-order valence-electron chi connectivity index (χ3n) is 2.93. The summed E-state index contributed by atoms with van der Waals surface area (Å²) in [5.41, 5.74) is -1.67. The van der Waals surface area contributed by atoms with Gasteiger partial charge in [-0.15, -0.1) is 0 Å². The van der Waals surface area contributed by atoms with E-state index in [0.29, 0.717) is 13.0 Å². The highest BCUT2D eigenvalue weighted by molar-refractivity contribution is 5.73. The normalized spacial score (nSPS) is 12.5. The van der Waals surface area contributed by atoms with Crippen molar-refractivity contribution in [3.8, 4) is 0 Å². The lowest BCUT2D eigenvalue weighted by molar-refractivity contribution is -0.0706. The molecule has 0 aliphatic rings. The number of amides is 4. The third-order valence-corrected chi connectivity index (χ3v) is 2.93. The van der Waals surface area contributed by atoms with Crippen LogP contribution in [0.5, 0.6) is 0 Å². The molecule has 0 fully saturated rings. The van der Waals surface area contributed by atoms with Crippen LogP contribution in [-0.2, 0) is 14.2 Å². The molecule has 0 aliphatic heterocycles. The number of aliphatic hydroxyl groups is 1. The molecule has 1 unspecified atom stereocenters. The molecule has 1 atom stereocenters. The maximum absolute atomic E-state index is 11.4. The maximum Gasteiger partial charge on any atom is 0.409 e. The first-order valence-electron chi connectivity index (χ1n) is 7.89. The Morgan fingerprint density at radius 3 is 2.44 bits per heavy atom. The number of methoxy groups -OCH3 is 1. The summed E-state index contributed by atoms with van der Waals surface area (Å²) in [6.45, 7) is 2.33. The summed E-state index contributed by atoms with van der Waals surface area (Å²) in [6.07, 6.45) is -0.861. The fourth-order valence-corrected chi connectivity index (χ4v) is 1.73. The molecule has 25 heavy (non-hydrogen) atoms. The van der Waals surface area contributed by atoms with Crippen LogP contribution >= 0.6 is 0 Å². The largest absolute Gasteiger partial charge is 0.453 e. The summed E-state index contributed by atoms with van der Waals surface area (Å²) in [4.78, 5) is 33.5. The van der Waals surface area contributed by atoms with E-state index in [1.54, 1.807) is 6.92 Å². The van der Waals surface area contributed by atoms with E-state index < -0.39 is 17.9 Å². The lowest BCUT2D eigenvalue weighted by Gasteiger charge is -2.28. The van der Waals surface area contributed by atoms with Crippen LogP contribution in [0.1, 0.15) is 19.8 Å². The number of ether oxygens (including phenoxy) is 3. The summed E-state index contributed by atoms with van der Waals surface area (Å²) in [5.74, 6) is 0. The summed E-state index contributed by atoms with van der Waals surface area (Å²) in [7, 11) is 2.66. The zero-order valence-corrected chi connectivity index (χ0v) is 14.8. The molecule has 0 aromatic heterocycles. The maximum atomic E-state index is 11.4. The van der Waals surface area contributed by atoms with Gasteiger partial charge in [-0.25, -0.2) is 14.4 Å². The lowest BCUT2D eigenvalue weighted by Crippen LogP contribution is -2.52. The first-order valence-corrected chi connectivity index (χ1v) is 7.89. The van der Waals surface area contributed by atoms with E-state index in [0.717, 1.165) is 0 Å². The standard InChI is InChI=1S/C14H28N4O7/c1-4-25-12(20)17-8-9-24-10-14(22,18-13(21)23-3)6-5-7-16-11(19)15-2/h22H,4-10H2,1-3H3,(H,17,20)(H,18,21)(H2,15,16,19). The summed E-state index contributed by atoms with van der Waals surface area (Å²) >= 11 is 0. The molecule has 0 spiro atoms. The van der Waals surface area contributed by atoms with Crippen molar-refractivity contribution in [3.05, 3.63) is 0 Å². The number of alkyl carbamates (subject to hydrolysis) is 2. The van der Waals surface area contributed by atoms with Gasteiger partial charge < -0.3 is 35.3 Å². The number of carbonyl (C=O) groups is 3. The van der Waals surface area contributed by atoms with Gasteiger partial charge >= 0.3 is 18.2 Å². The molecule has 0 aliphatic carbocycles. The SMILES string of the molecule is CCOC(=O)NCCOCC(O)(CCCNC(=O)NC)NC(=O)OC. The number of nitrogens with one attached hydrogen (secondary N) is 4. The molecule has 5 N–H and O–H groups in total. The molecule has 0 aromatic carbocycles. The Balaban J connectivity index is 4.24. The number of rotatable bonds is 11. The van der Waals surface area contributed by atoms with Gasteiger partial charge in [0.1, 0.15) is 0 Å². The molecule has 11 heteroatoms. The average Bonchev–Trinajstić information content (AvgIpc) is 2.58. The van der Waals surface area contributed by atoms with Crippen LogP contribution in [0.2, 0.25) is 0 Å². The van der Waals surface area contributed by atoms with Crippen molar-refractivity contribution in [1.82, 2.24) is 21.3 Å². The van der Waals surface area contributed by atoms with E-state index in [-0.39, 0.29) is 38.8 Å². The number of hydrogen-bond donors (Lipinski definition) is 5. The van der Waals surface area contributed by atoms with Crippen molar-refractivity contribution in [2.24, 2.45) is 0 Å². The van der Waals surface area contributed by atoms with Crippen molar-refractivity contribution < 1.29 is 33.7 Å². The minimum atomic E-state index is -1.67. The monoisotopic (exact) mass is 364 g/mol. The predicted molar refractivity (Wildman–Crippen MR) is 88.0 cm³/mol. The van der Waals surface area contributed by atoms with Gasteiger partial charge in [0.2, 0.25) is 0 Å². The molecule has 11 nitrogen and oxygen atoms in total. The minimum Gasteiger partial charge on any atom is -0.453 e. The van der Waals surface area contributed by atoms with Gasteiger partial charge in [-0.3, -0.25) is 5.32 Å². The van der Waals surface area contributed by atoms with Gasteiger partial charge in [-0.1, -0.05) is 0 Å². The molecule has 0 radical (unpaired) electrons. The average molecular weight is 364 g/mol. The van der Waals surface area contributed by atoms with Crippen LogP contribution < -0.4 is 21.3 Å². The molecule has 0 heterocycles. The summed E-state index contributed by atoms with van der Waals surface area (Å²) < 4.78 is 14.4. The highest BCUT2D eigenvalue weighted by atomic mass is 16.6. The number of hydrogen-bond acceptors (Lipinski definition) is 7. The van der Waals surface area contributed by atoms with Gasteiger partial charge in [0.25, 0.3) is 0 Å². The Morgan fingerprint density at radius 1 is 1.12 bits per heavy atom.